The van der Waals surface area contributed by atoms with Gasteiger partial charge in [-0.2, -0.15) is 0 Å². The second-order valence-electron chi connectivity index (χ2n) is 4.51. The molecule has 0 bridgehead atoms. The molecule has 0 atom stereocenters. The molecule has 0 saturated carbocycles. The highest BCUT2D eigenvalue weighted by molar-refractivity contribution is 5.89. The number of hydrogen-bond donors (Lipinski definition) is 3. The SMILES string of the molecule is Cc1cc(CNC(=O)Nc2cccc(CC(=O)O)c2)no1. The highest BCUT2D eigenvalue weighted by Gasteiger charge is 2.06. The molecule has 1 aromatic heterocycles. The predicted octanol–water partition coefficient (Wildman–Crippen LogP) is 1.93. The maximum Gasteiger partial charge on any atom is 0.319 e. The highest BCUT2D eigenvalue weighted by atomic mass is 16.5. The molecule has 2 aromatic rings. The second-order valence-corrected chi connectivity index (χ2v) is 4.51. The smallest absolute Gasteiger partial charge is 0.319 e. The molecule has 0 radical (unpaired) electrons. The van der Waals surface area contributed by atoms with E-state index in [0.29, 0.717) is 22.7 Å². The molecule has 1 heterocycles. The predicted molar refractivity (Wildman–Crippen MR) is 74.9 cm³/mol. The molecule has 0 aliphatic heterocycles. The first kappa shape index (κ1) is 14.6. The van der Waals surface area contributed by atoms with E-state index in [0.717, 1.165) is 0 Å². The summed E-state index contributed by atoms with van der Waals surface area (Å²) in [6.45, 7) is 2.02. The van der Waals surface area contributed by atoms with Crippen molar-refractivity contribution in [2.45, 2.75) is 19.9 Å². The molecule has 2 amide bonds. The molecular formula is C14H15N3O4. The molecule has 0 saturated heterocycles. The maximum absolute atomic E-state index is 11.7. The number of anilines is 1. The lowest BCUT2D eigenvalue weighted by molar-refractivity contribution is -0.136. The normalized spacial score (nSPS) is 10.1. The number of hydrogen-bond acceptors (Lipinski definition) is 4. The van der Waals surface area contributed by atoms with Crippen molar-refractivity contribution in [3.05, 3.63) is 47.3 Å². The molecule has 1 aromatic carbocycles. The van der Waals surface area contributed by atoms with Crippen molar-refractivity contribution in [1.29, 1.82) is 0 Å². The maximum atomic E-state index is 11.7. The van der Waals surface area contributed by atoms with Crippen LogP contribution in [0.3, 0.4) is 0 Å². The van der Waals surface area contributed by atoms with Crippen LogP contribution < -0.4 is 10.6 Å². The average Bonchev–Trinajstić information content (AvgIpc) is 2.82. The number of nitrogens with zero attached hydrogens (tertiary/aromatic N) is 1. The molecule has 0 aliphatic carbocycles. The lowest BCUT2D eigenvalue weighted by atomic mass is 10.1. The van der Waals surface area contributed by atoms with Crippen molar-refractivity contribution in [2.24, 2.45) is 0 Å². The molecule has 7 heteroatoms. The minimum Gasteiger partial charge on any atom is -0.481 e. The Morgan fingerprint density at radius 1 is 1.33 bits per heavy atom. The van der Waals surface area contributed by atoms with Crippen LogP contribution in [0.15, 0.2) is 34.9 Å². The van der Waals surface area contributed by atoms with E-state index in [9.17, 15) is 9.59 Å². The number of urea groups is 1. The second kappa shape index (κ2) is 6.56. The van der Waals surface area contributed by atoms with Gasteiger partial charge in [-0.15, -0.1) is 0 Å². The van der Waals surface area contributed by atoms with Crippen molar-refractivity contribution in [2.75, 3.05) is 5.32 Å². The van der Waals surface area contributed by atoms with Crippen molar-refractivity contribution >= 4 is 17.7 Å². The van der Waals surface area contributed by atoms with Crippen LogP contribution in [0.25, 0.3) is 0 Å². The van der Waals surface area contributed by atoms with Gasteiger partial charge in [-0.3, -0.25) is 4.79 Å². The van der Waals surface area contributed by atoms with E-state index in [1.807, 2.05) is 0 Å². The van der Waals surface area contributed by atoms with Gasteiger partial charge in [0.2, 0.25) is 0 Å². The summed E-state index contributed by atoms with van der Waals surface area (Å²) in [5, 5.41) is 17.8. The summed E-state index contributed by atoms with van der Waals surface area (Å²) in [4.78, 5) is 22.4. The molecule has 2 rings (SSSR count). The van der Waals surface area contributed by atoms with E-state index in [2.05, 4.69) is 15.8 Å². The van der Waals surface area contributed by atoms with E-state index < -0.39 is 12.0 Å². The summed E-state index contributed by atoms with van der Waals surface area (Å²) >= 11 is 0. The summed E-state index contributed by atoms with van der Waals surface area (Å²) in [5.41, 5.74) is 1.78. The number of nitrogens with one attached hydrogen (secondary N) is 2. The number of benzene rings is 1. The zero-order valence-corrected chi connectivity index (χ0v) is 11.4. The third kappa shape index (κ3) is 4.64. The van der Waals surface area contributed by atoms with Crippen molar-refractivity contribution in [1.82, 2.24) is 10.5 Å². The Hall–Kier alpha value is -2.83. The largest absolute Gasteiger partial charge is 0.481 e. The lowest BCUT2D eigenvalue weighted by Crippen LogP contribution is -2.28. The van der Waals surface area contributed by atoms with E-state index >= 15 is 0 Å². The van der Waals surface area contributed by atoms with Gasteiger partial charge in [-0.25, -0.2) is 4.79 Å². The summed E-state index contributed by atoms with van der Waals surface area (Å²) in [6.07, 6.45) is -0.0879. The van der Waals surface area contributed by atoms with Crippen LogP contribution in [0.1, 0.15) is 17.0 Å². The van der Waals surface area contributed by atoms with Gasteiger partial charge in [-0.1, -0.05) is 17.3 Å². The minimum atomic E-state index is -0.919. The number of carbonyl (C=O) groups excluding carboxylic acids is 1. The number of aliphatic carboxylic acids is 1. The van der Waals surface area contributed by atoms with Gasteiger partial charge < -0.3 is 20.3 Å². The summed E-state index contributed by atoms with van der Waals surface area (Å²) in [6, 6.07) is 8.01. The highest BCUT2D eigenvalue weighted by Crippen LogP contribution is 2.11. The first-order chi connectivity index (χ1) is 10.0. The van der Waals surface area contributed by atoms with Gasteiger partial charge in [0.25, 0.3) is 0 Å². The molecular weight excluding hydrogens is 274 g/mol. The summed E-state index contributed by atoms with van der Waals surface area (Å²) < 4.78 is 4.89. The number of carboxylic acid groups (broad SMARTS) is 1. The van der Waals surface area contributed by atoms with Crippen LogP contribution in [0.5, 0.6) is 0 Å². The third-order valence-electron chi connectivity index (χ3n) is 2.65. The Morgan fingerprint density at radius 2 is 2.14 bits per heavy atom. The van der Waals surface area contributed by atoms with Crippen molar-refractivity contribution in [3.63, 3.8) is 0 Å². The van der Waals surface area contributed by atoms with Crippen molar-refractivity contribution in [3.8, 4) is 0 Å². The molecule has 7 nitrogen and oxygen atoms in total. The molecule has 110 valence electrons. The molecule has 21 heavy (non-hydrogen) atoms. The summed E-state index contributed by atoms with van der Waals surface area (Å²) in [7, 11) is 0. The van der Waals surface area contributed by atoms with Crippen molar-refractivity contribution < 1.29 is 19.2 Å². The number of aromatic nitrogens is 1. The first-order valence-corrected chi connectivity index (χ1v) is 6.31. The van der Waals surface area contributed by atoms with E-state index in [4.69, 9.17) is 9.63 Å². The fourth-order valence-corrected chi connectivity index (χ4v) is 1.78. The zero-order valence-electron chi connectivity index (χ0n) is 11.4. The van der Waals surface area contributed by atoms with Gasteiger partial charge in [0.05, 0.1) is 13.0 Å². The van der Waals surface area contributed by atoms with E-state index in [1.54, 1.807) is 37.3 Å². The number of rotatable bonds is 5. The quantitative estimate of drug-likeness (QED) is 0.780. The van der Waals surface area contributed by atoms with Gasteiger partial charge >= 0.3 is 12.0 Å². The Labute approximate surface area is 120 Å². The molecule has 3 N–H and O–H groups in total. The zero-order chi connectivity index (χ0) is 15.2. The molecule has 0 fully saturated rings. The fourth-order valence-electron chi connectivity index (χ4n) is 1.78. The monoisotopic (exact) mass is 289 g/mol. The Bertz CT molecular complexity index is 651. The van der Waals surface area contributed by atoms with Gasteiger partial charge in [0, 0.05) is 11.8 Å². The fraction of sp³-hybridized carbons (Fsp3) is 0.214. The van der Waals surface area contributed by atoms with Gasteiger partial charge in [-0.05, 0) is 24.6 Å². The number of carbonyl (C=O) groups is 2. The number of carboxylic acids is 1. The van der Waals surface area contributed by atoms with Gasteiger partial charge in [0.15, 0.2) is 0 Å². The van der Waals surface area contributed by atoms with Gasteiger partial charge in [0.1, 0.15) is 11.5 Å². The number of aryl methyl sites for hydroxylation is 1. The van der Waals surface area contributed by atoms with E-state index in [-0.39, 0.29) is 13.0 Å². The van der Waals surface area contributed by atoms with Crippen LogP contribution in [-0.4, -0.2) is 22.3 Å². The van der Waals surface area contributed by atoms with Crippen LogP contribution in [-0.2, 0) is 17.8 Å². The van der Waals surface area contributed by atoms with Crippen LogP contribution in [0.4, 0.5) is 10.5 Å². The Morgan fingerprint density at radius 3 is 2.81 bits per heavy atom. The summed E-state index contributed by atoms with van der Waals surface area (Å²) in [5.74, 6) is -0.244. The molecule has 0 spiro atoms. The third-order valence-corrected chi connectivity index (χ3v) is 2.65. The lowest BCUT2D eigenvalue weighted by Gasteiger charge is -2.07. The minimum absolute atomic E-state index is 0.0879. The van der Waals surface area contributed by atoms with Crippen LogP contribution >= 0.6 is 0 Å². The number of amides is 2. The molecule has 0 unspecified atom stereocenters. The Balaban J connectivity index is 1.88. The topological polar surface area (TPSA) is 104 Å². The molecule has 0 aliphatic rings. The first-order valence-electron chi connectivity index (χ1n) is 6.31. The van der Waals surface area contributed by atoms with Crippen LogP contribution in [0, 0.1) is 6.92 Å². The van der Waals surface area contributed by atoms with Crippen LogP contribution in [0.2, 0.25) is 0 Å². The average molecular weight is 289 g/mol. The van der Waals surface area contributed by atoms with E-state index in [1.165, 1.54) is 0 Å². The standard InChI is InChI=1S/C14H15N3O4/c1-9-5-12(17-21-9)8-15-14(20)16-11-4-2-3-10(6-11)7-13(18)19/h2-6H,7-8H2,1H3,(H,18,19)(H2,15,16,20). The Kier molecular flexibility index (Phi) is 4.55.